The highest BCUT2D eigenvalue weighted by molar-refractivity contribution is 5.73. The Hall–Kier alpha value is -1.40. The first kappa shape index (κ1) is 18.9. The van der Waals surface area contributed by atoms with Crippen LogP contribution in [0.1, 0.15) is 58.9 Å². The zero-order valence-corrected chi connectivity index (χ0v) is 15.5. The number of hydrogen-bond acceptors (Lipinski definition) is 5. The van der Waals surface area contributed by atoms with E-state index in [-0.39, 0.29) is 11.9 Å². The van der Waals surface area contributed by atoms with Crippen LogP contribution in [-0.2, 0) is 22.2 Å². The molecule has 1 atom stereocenters. The average molecular weight is 337 g/mol. The number of carbonyl (C=O) groups excluding carboxylic acids is 1. The fourth-order valence-corrected chi connectivity index (χ4v) is 3.06. The Morgan fingerprint density at radius 1 is 1.33 bits per heavy atom. The van der Waals surface area contributed by atoms with Crippen LogP contribution in [-0.4, -0.2) is 39.0 Å². The maximum atomic E-state index is 12.1. The number of hydrogen-bond donors (Lipinski definition) is 2. The van der Waals surface area contributed by atoms with Crippen molar-refractivity contribution in [3.63, 3.8) is 0 Å². The van der Waals surface area contributed by atoms with E-state index < -0.39 is 11.2 Å². The van der Waals surface area contributed by atoms with Crippen LogP contribution in [0.25, 0.3) is 0 Å². The Morgan fingerprint density at radius 3 is 2.46 bits per heavy atom. The summed E-state index contributed by atoms with van der Waals surface area (Å²) in [6.45, 7) is 7.97. The lowest BCUT2D eigenvalue weighted by molar-refractivity contribution is -0.161. The van der Waals surface area contributed by atoms with Gasteiger partial charge in [0.15, 0.2) is 0 Å². The molecule has 136 valence electrons. The van der Waals surface area contributed by atoms with E-state index in [0.717, 1.165) is 31.2 Å². The van der Waals surface area contributed by atoms with Crippen molar-refractivity contribution < 1.29 is 14.6 Å². The second kappa shape index (κ2) is 7.23. The van der Waals surface area contributed by atoms with E-state index >= 15 is 0 Å². The van der Waals surface area contributed by atoms with Crippen LogP contribution in [0.3, 0.4) is 0 Å². The highest BCUT2D eigenvalue weighted by Gasteiger charge is 2.31. The molecule has 1 heterocycles. The van der Waals surface area contributed by atoms with Gasteiger partial charge in [-0.15, -0.1) is 0 Å². The molecule has 2 N–H and O–H groups in total. The Kier molecular flexibility index (Phi) is 5.71. The van der Waals surface area contributed by atoms with Gasteiger partial charge >= 0.3 is 5.97 Å². The molecule has 0 aliphatic heterocycles. The van der Waals surface area contributed by atoms with Crippen LogP contribution in [0.15, 0.2) is 12.4 Å². The molecule has 1 fully saturated rings. The van der Waals surface area contributed by atoms with E-state index in [1.165, 1.54) is 0 Å². The molecule has 6 nitrogen and oxygen atoms in total. The average Bonchev–Trinajstić information content (AvgIpc) is 2.91. The second-order valence-corrected chi connectivity index (χ2v) is 8.14. The van der Waals surface area contributed by atoms with Crippen molar-refractivity contribution in [2.45, 2.75) is 70.6 Å². The number of rotatable bonds is 5. The van der Waals surface area contributed by atoms with Crippen molar-refractivity contribution in [3.05, 3.63) is 18.0 Å². The molecule has 1 aliphatic rings. The predicted molar refractivity (Wildman–Crippen MR) is 92.4 cm³/mol. The molecule has 0 amide bonds. The second-order valence-electron chi connectivity index (χ2n) is 8.14. The van der Waals surface area contributed by atoms with E-state index in [9.17, 15) is 9.90 Å². The van der Waals surface area contributed by atoms with E-state index in [0.29, 0.717) is 12.6 Å². The van der Waals surface area contributed by atoms with Gasteiger partial charge in [-0.2, -0.15) is 5.10 Å². The summed E-state index contributed by atoms with van der Waals surface area (Å²) in [6.07, 6.45) is 7.05. The summed E-state index contributed by atoms with van der Waals surface area (Å²) in [4.78, 5) is 12.1. The molecular formula is C18H31N3O3. The molecule has 1 aliphatic carbocycles. The van der Waals surface area contributed by atoms with Crippen molar-refractivity contribution in [2.24, 2.45) is 13.0 Å². The summed E-state index contributed by atoms with van der Waals surface area (Å²) < 4.78 is 7.17. The van der Waals surface area contributed by atoms with E-state index in [2.05, 4.69) is 10.4 Å². The van der Waals surface area contributed by atoms with Gasteiger partial charge in [-0.3, -0.25) is 9.48 Å². The summed E-state index contributed by atoms with van der Waals surface area (Å²) in [5, 5.41) is 18.2. The number of nitrogens with one attached hydrogen (secondary N) is 1. The molecule has 1 unspecified atom stereocenters. The first-order valence-electron chi connectivity index (χ1n) is 8.74. The Balaban J connectivity index is 1.78. The van der Waals surface area contributed by atoms with Gasteiger partial charge < -0.3 is 15.2 Å². The van der Waals surface area contributed by atoms with Gasteiger partial charge in [0.1, 0.15) is 11.2 Å². The van der Waals surface area contributed by atoms with Crippen molar-refractivity contribution in [3.8, 4) is 0 Å². The zero-order chi connectivity index (χ0) is 18.0. The molecule has 0 radical (unpaired) electrons. The lowest BCUT2D eigenvalue weighted by Crippen LogP contribution is -2.43. The van der Waals surface area contributed by atoms with Crippen LogP contribution in [0.4, 0.5) is 0 Å². The summed E-state index contributed by atoms with van der Waals surface area (Å²) >= 11 is 0. The standard InChI is InChI=1S/C18H31N3O3/c1-17(2,3)24-16(22)13-6-8-15(9-7-13)19-12-18(4,23)14-10-20-21(5)11-14/h10-11,13,15,19,23H,6-9,12H2,1-5H3. The normalized spacial score (nSPS) is 24.4. The topological polar surface area (TPSA) is 76.4 Å². The lowest BCUT2D eigenvalue weighted by atomic mass is 9.85. The highest BCUT2D eigenvalue weighted by Crippen LogP contribution is 2.28. The van der Waals surface area contributed by atoms with Crippen LogP contribution >= 0.6 is 0 Å². The van der Waals surface area contributed by atoms with Crippen molar-refractivity contribution in [1.82, 2.24) is 15.1 Å². The van der Waals surface area contributed by atoms with E-state index in [1.807, 2.05) is 34.0 Å². The quantitative estimate of drug-likeness (QED) is 0.805. The van der Waals surface area contributed by atoms with Gasteiger partial charge in [0.05, 0.1) is 12.1 Å². The zero-order valence-electron chi connectivity index (χ0n) is 15.5. The number of ether oxygens (including phenoxy) is 1. The van der Waals surface area contributed by atoms with Gasteiger partial charge in [-0.25, -0.2) is 0 Å². The molecule has 1 aromatic heterocycles. The highest BCUT2D eigenvalue weighted by atomic mass is 16.6. The fourth-order valence-electron chi connectivity index (χ4n) is 3.06. The molecule has 0 bridgehead atoms. The van der Waals surface area contributed by atoms with Crippen molar-refractivity contribution in [1.29, 1.82) is 0 Å². The number of aliphatic hydroxyl groups is 1. The predicted octanol–water partition coefficient (Wildman–Crippen LogP) is 2.12. The largest absolute Gasteiger partial charge is 0.460 e. The van der Waals surface area contributed by atoms with E-state index in [4.69, 9.17) is 4.74 Å². The minimum absolute atomic E-state index is 0.00103. The minimum atomic E-state index is -0.948. The maximum absolute atomic E-state index is 12.1. The molecule has 1 aromatic rings. The summed E-state index contributed by atoms with van der Waals surface area (Å²) in [7, 11) is 1.84. The summed E-state index contributed by atoms with van der Waals surface area (Å²) in [5.41, 5.74) is -0.565. The lowest BCUT2D eigenvalue weighted by Gasteiger charge is -2.32. The third kappa shape index (κ3) is 5.31. The number of aryl methyl sites for hydroxylation is 1. The number of aromatic nitrogens is 2. The number of esters is 1. The van der Waals surface area contributed by atoms with Gasteiger partial charge in [0.2, 0.25) is 0 Å². The molecular weight excluding hydrogens is 306 g/mol. The summed E-state index contributed by atoms with van der Waals surface area (Å²) in [5.74, 6) is -0.0792. The number of carbonyl (C=O) groups is 1. The molecule has 2 rings (SSSR count). The van der Waals surface area contributed by atoms with Gasteiger partial charge in [-0.05, 0) is 53.4 Å². The Labute approximate surface area is 144 Å². The first-order valence-corrected chi connectivity index (χ1v) is 8.74. The third-order valence-corrected chi connectivity index (χ3v) is 4.53. The molecule has 24 heavy (non-hydrogen) atoms. The summed E-state index contributed by atoms with van der Waals surface area (Å²) in [6, 6.07) is 0.326. The van der Waals surface area contributed by atoms with Crippen molar-refractivity contribution in [2.75, 3.05) is 6.54 Å². The number of nitrogens with zero attached hydrogens (tertiary/aromatic N) is 2. The first-order chi connectivity index (χ1) is 11.1. The maximum Gasteiger partial charge on any atom is 0.309 e. The van der Waals surface area contributed by atoms with E-state index in [1.54, 1.807) is 17.8 Å². The van der Waals surface area contributed by atoms with Crippen LogP contribution < -0.4 is 5.32 Å². The third-order valence-electron chi connectivity index (χ3n) is 4.53. The SMILES string of the molecule is Cn1cc(C(C)(O)CNC2CCC(C(=O)OC(C)(C)C)CC2)cn1. The Morgan fingerprint density at radius 2 is 1.96 bits per heavy atom. The monoisotopic (exact) mass is 337 g/mol. The van der Waals surface area contributed by atoms with Gasteiger partial charge in [-0.1, -0.05) is 0 Å². The molecule has 0 spiro atoms. The van der Waals surface area contributed by atoms with Crippen molar-refractivity contribution >= 4 is 5.97 Å². The minimum Gasteiger partial charge on any atom is -0.460 e. The fraction of sp³-hybridized carbons (Fsp3) is 0.778. The smallest absolute Gasteiger partial charge is 0.309 e. The molecule has 0 saturated heterocycles. The molecule has 6 heteroatoms. The van der Waals surface area contributed by atoms with Gasteiger partial charge in [0.25, 0.3) is 0 Å². The van der Waals surface area contributed by atoms with Gasteiger partial charge in [0, 0.05) is 31.4 Å². The van der Waals surface area contributed by atoms with Crippen LogP contribution in [0, 0.1) is 5.92 Å². The molecule has 1 saturated carbocycles. The van der Waals surface area contributed by atoms with Crippen LogP contribution in [0.2, 0.25) is 0 Å². The Bertz CT molecular complexity index is 552. The van der Waals surface area contributed by atoms with Crippen LogP contribution in [0.5, 0.6) is 0 Å². The molecule has 0 aromatic carbocycles.